The van der Waals surface area contributed by atoms with Gasteiger partial charge in [-0.05, 0) is 48.9 Å². The number of nitrogens with two attached hydrogens (primary N) is 4. The van der Waals surface area contributed by atoms with E-state index in [9.17, 15) is 5.11 Å². The van der Waals surface area contributed by atoms with Crippen molar-refractivity contribution in [3.63, 3.8) is 0 Å². The number of hydrogen-bond donors (Lipinski definition) is 7. The number of nitrogens with zero attached hydrogens (tertiary/aromatic N) is 8. The second-order valence-corrected chi connectivity index (χ2v) is 10.4. The predicted molar refractivity (Wildman–Crippen MR) is 172 cm³/mol. The molecule has 6 rings (SSSR count). The van der Waals surface area contributed by atoms with Crippen LogP contribution in [-0.4, -0.2) is 83.0 Å². The number of H-pyrrole nitrogens is 2. The Morgan fingerprint density at radius 3 is 1.96 bits per heavy atom. The van der Waals surface area contributed by atoms with Crippen molar-refractivity contribution in [1.29, 1.82) is 0 Å². The van der Waals surface area contributed by atoms with Gasteiger partial charge in [0.25, 0.3) is 0 Å². The van der Waals surface area contributed by atoms with Gasteiger partial charge in [0.2, 0.25) is 0 Å². The molecule has 0 unspecified atom stereocenters. The molecule has 45 heavy (non-hydrogen) atoms. The van der Waals surface area contributed by atoms with Crippen LogP contribution in [0.15, 0.2) is 56.9 Å². The zero-order valence-electron chi connectivity index (χ0n) is 25.0. The molecule has 2 saturated heterocycles. The number of phenols is 1. The van der Waals surface area contributed by atoms with Gasteiger partial charge >= 0.3 is 0 Å². The van der Waals surface area contributed by atoms with Crippen LogP contribution in [0.4, 0.5) is 51.7 Å². The summed E-state index contributed by atoms with van der Waals surface area (Å²) >= 11 is 0. The van der Waals surface area contributed by atoms with Crippen molar-refractivity contribution >= 4 is 51.7 Å². The van der Waals surface area contributed by atoms with Crippen molar-refractivity contribution in [2.45, 2.75) is 13.5 Å². The first kappa shape index (κ1) is 31.2. The Balaban J connectivity index is 0.000000178. The van der Waals surface area contributed by atoms with Crippen molar-refractivity contribution in [2.24, 2.45) is 20.5 Å². The lowest BCUT2D eigenvalue weighted by atomic mass is 10.1. The van der Waals surface area contributed by atoms with Crippen LogP contribution in [0.2, 0.25) is 0 Å². The fourth-order valence-electron chi connectivity index (χ4n) is 4.68. The van der Waals surface area contributed by atoms with Gasteiger partial charge in [0.05, 0.1) is 37.8 Å². The molecule has 2 fully saturated rings. The van der Waals surface area contributed by atoms with E-state index in [1.807, 2.05) is 19.1 Å². The average Bonchev–Trinajstić information content (AvgIpc) is 3.55. The Kier molecular flexibility index (Phi) is 10.0. The van der Waals surface area contributed by atoms with Crippen LogP contribution in [0.5, 0.6) is 5.75 Å². The highest BCUT2D eigenvalue weighted by molar-refractivity contribution is 5.71. The molecule has 17 nitrogen and oxygen atoms in total. The fraction of sp³-hybridized carbons (Fsp3) is 0.357. The zero-order chi connectivity index (χ0) is 31.8. The smallest absolute Gasteiger partial charge is 0.175 e. The molecule has 0 radical (unpaired) electrons. The number of azo groups is 2. The van der Waals surface area contributed by atoms with Crippen molar-refractivity contribution in [1.82, 2.24) is 25.3 Å². The Morgan fingerprint density at radius 1 is 0.778 bits per heavy atom. The maximum absolute atomic E-state index is 10.0. The van der Waals surface area contributed by atoms with E-state index in [1.54, 1.807) is 18.2 Å². The molecule has 4 aromatic rings. The molecule has 2 aliphatic heterocycles. The number of aromatic amines is 2. The molecule has 4 heterocycles. The topological polar surface area (TPSA) is 256 Å². The molecule has 2 aromatic heterocycles. The number of aromatic nitrogens is 4. The standard InChI is InChI=1S/C14H19N7O2.C14H19N7O/c15-13-12(14(16)20-19-13)18-17-10-1-2-11(22)9(7-10)8-21-3-5-23-6-4-21;1-9-8-10(21-4-6-22-7-5-21)2-3-11(9)17-18-12-13(15)19-20-14(12)16/h1-2,7,22H,3-6,8H2,(H5,15,16,19,20);2-3,8H,4-7H2,1H3,(H5,15,16,19,20). The number of benzene rings is 2. The molecule has 0 spiro atoms. The van der Waals surface area contributed by atoms with Crippen molar-refractivity contribution in [3.05, 3.63) is 47.5 Å². The summed E-state index contributed by atoms with van der Waals surface area (Å²) in [7, 11) is 0. The van der Waals surface area contributed by atoms with Crippen LogP contribution in [0.3, 0.4) is 0 Å². The molecular formula is C28H38N14O3. The lowest BCUT2D eigenvalue weighted by Crippen LogP contribution is -2.36. The number of nitrogens with one attached hydrogen (secondary N) is 2. The third kappa shape index (κ3) is 8.02. The summed E-state index contributed by atoms with van der Waals surface area (Å²) in [6.45, 7) is 9.07. The van der Waals surface area contributed by atoms with E-state index in [-0.39, 0.29) is 23.2 Å². The molecule has 2 aliphatic rings. The molecule has 2 aromatic carbocycles. The first-order chi connectivity index (χ1) is 21.8. The SMILES string of the molecule is Cc1cc(N2CCOCC2)ccc1N=Nc1c(N)n[nH]c1N.Nc1n[nH]c(N)c1N=Nc1ccc(O)c(CN2CCOCC2)c1. The predicted octanol–water partition coefficient (Wildman–Crippen LogP) is 3.66. The highest BCUT2D eigenvalue weighted by Crippen LogP contribution is 2.32. The molecular weight excluding hydrogens is 580 g/mol. The summed E-state index contributed by atoms with van der Waals surface area (Å²) in [5, 5.41) is 39.1. The van der Waals surface area contributed by atoms with Crippen molar-refractivity contribution in [2.75, 3.05) is 80.4 Å². The number of morpholine rings is 2. The number of ether oxygens (including phenoxy) is 2. The van der Waals surface area contributed by atoms with Gasteiger partial charge in [-0.1, -0.05) is 0 Å². The number of nitrogen functional groups attached to an aromatic ring is 4. The molecule has 0 amide bonds. The first-order valence-corrected chi connectivity index (χ1v) is 14.4. The quantitative estimate of drug-likeness (QED) is 0.147. The summed E-state index contributed by atoms with van der Waals surface area (Å²) in [4.78, 5) is 4.51. The van der Waals surface area contributed by atoms with E-state index in [0.717, 1.165) is 56.2 Å². The maximum atomic E-state index is 10.0. The molecule has 238 valence electrons. The zero-order valence-corrected chi connectivity index (χ0v) is 25.0. The van der Waals surface area contributed by atoms with Gasteiger partial charge < -0.3 is 42.4 Å². The van der Waals surface area contributed by atoms with Gasteiger partial charge in [0, 0.05) is 44.0 Å². The number of hydrogen-bond acceptors (Lipinski definition) is 15. The highest BCUT2D eigenvalue weighted by atomic mass is 16.5. The van der Waals surface area contributed by atoms with E-state index in [4.69, 9.17) is 32.4 Å². The molecule has 11 N–H and O–H groups in total. The Bertz CT molecular complexity index is 1600. The van der Waals surface area contributed by atoms with Crippen LogP contribution < -0.4 is 27.8 Å². The van der Waals surface area contributed by atoms with Crippen LogP contribution in [0.1, 0.15) is 11.1 Å². The largest absolute Gasteiger partial charge is 0.508 e. The summed E-state index contributed by atoms with van der Waals surface area (Å²) in [6, 6.07) is 11.1. The maximum Gasteiger partial charge on any atom is 0.175 e. The van der Waals surface area contributed by atoms with Crippen molar-refractivity contribution in [3.8, 4) is 5.75 Å². The summed E-state index contributed by atoms with van der Waals surface area (Å²) in [5.74, 6) is 1.24. The van der Waals surface area contributed by atoms with Crippen LogP contribution in [0.25, 0.3) is 0 Å². The van der Waals surface area contributed by atoms with E-state index < -0.39 is 0 Å². The van der Waals surface area contributed by atoms with Gasteiger partial charge in [-0.2, -0.15) is 20.4 Å². The molecule has 0 saturated carbocycles. The second kappa shape index (κ2) is 14.5. The van der Waals surface area contributed by atoms with Crippen LogP contribution in [0, 0.1) is 6.92 Å². The second-order valence-electron chi connectivity index (χ2n) is 10.4. The lowest BCUT2D eigenvalue weighted by Gasteiger charge is -2.29. The Labute approximate surface area is 259 Å². The van der Waals surface area contributed by atoms with E-state index in [1.165, 1.54) is 5.69 Å². The van der Waals surface area contributed by atoms with E-state index >= 15 is 0 Å². The third-order valence-electron chi connectivity index (χ3n) is 7.23. The van der Waals surface area contributed by atoms with Gasteiger partial charge in [0.1, 0.15) is 17.4 Å². The minimum Gasteiger partial charge on any atom is -0.508 e. The number of aromatic hydroxyl groups is 1. The molecule has 0 atom stereocenters. The average molecular weight is 619 g/mol. The number of aryl methyl sites for hydroxylation is 1. The monoisotopic (exact) mass is 618 g/mol. The Hall–Kier alpha value is -5.26. The van der Waals surface area contributed by atoms with Gasteiger partial charge in [0.15, 0.2) is 23.0 Å². The number of anilines is 5. The summed E-state index contributed by atoms with van der Waals surface area (Å²) < 4.78 is 10.7. The first-order valence-electron chi connectivity index (χ1n) is 14.4. The minimum atomic E-state index is 0.193. The third-order valence-corrected chi connectivity index (χ3v) is 7.23. The Morgan fingerprint density at radius 2 is 1.38 bits per heavy atom. The van der Waals surface area contributed by atoms with Crippen molar-refractivity contribution < 1.29 is 14.6 Å². The van der Waals surface area contributed by atoms with Gasteiger partial charge in [-0.3, -0.25) is 15.1 Å². The fourth-order valence-corrected chi connectivity index (χ4v) is 4.68. The van der Waals surface area contributed by atoms with Gasteiger partial charge in [-0.15, -0.1) is 10.2 Å². The lowest BCUT2D eigenvalue weighted by molar-refractivity contribution is 0.0339. The highest BCUT2D eigenvalue weighted by Gasteiger charge is 2.15. The van der Waals surface area contributed by atoms with Crippen LogP contribution >= 0.6 is 0 Å². The van der Waals surface area contributed by atoms with Gasteiger partial charge in [-0.25, -0.2) is 0 Å². The summed E-state index contributed by atoms with van der Waals surface area (Å²) in [6.07, 6.45) is 0. The van der Waals surface area contributed by atoms with Crippen LogP contribution in [-0.2, 0) is 16.0 Å². The summed E-state index contributed by atoms with van der Waals surface area (Å²) in [5.41, 5.74) is 27.7. The molecule has 17 heteroatoms. The normalized spacial score (nSPS) is 15.9. The van der Waals surface area contributed by atoms with E-state index in [0.29, 0.717) is 42.6 Å². The van der Waals surface area contributed by atoms with E-state index in [2.05, 4.69) is 56.7 Å². The molecule has 0 bridgehead atoms. The molecule has 0 aliphatic carbocycles. The minimum absolute atomic E-state index is 0.193. The number of phenolic OH excluding ortho intramolecular Hbond substituents is 1. The number of rotatable bonds is 7.